The summed E-state index contributed by atoms with van der Waals surface area (Å²) >= 11 is 0. The van der Waals surface area contributed by atoms with E-state index in [1.54, 1.807) is 25.1 Å². The molecule has 0 fully saturated rings. The summed E-state index contributed by atoms with van der Waals surface area (Å²) in [6.07, 6.45) is 0. The van der Waals surface area contributed by atoms with Gasteiger partial charge in [-0.05, 0) is 13.0 Å². The first kappa shape index (κ1) is 18.3. The third-order valence-electron chi connectivity index (χ3n) is 2.69. The molecule has 0 saturated carbocycles. The molecule has 6 nitrogen and oxygen atoms in total. The number of guanidine groups is 1. The Labute approximate surface area is 145 Å². The highest BCUT2D eigenvalue weighted by Crippen LogP contribution is 2.07. The van der Waals surface area contributed by atoms with Crippen molar-refractivity contribution in [3.05, 3.63) is 47.4 Å². The van der Waals surface area contributed by atoms with Crippen molar-refractivity contribution in [2.75, 3.05) is 6.54 Å². The molecule has 2 rings (SSSR count). The predicted octanol–water partition coefficient (Wildman–Crippen LogP) is 2.39. The Balaban J connectivity index is 0.00000242. The maximum atomic E-state index is 13.5. The van der Waals surface area contributed by atoms with Crippen molar-refractivity contribution in [3.63, 3.8) is 0 Å². The normalized spacial score (nSPS) is 11.0. The van der Waals surface area contributed by atoms with Crippen LogP contribution in [0, 0.1) is 12.7 Å². The highest BCUT2D eigenvalue weighted by Gasteiger charge is 2.04. The fraction of sp³-hybridized carbons (Fsp3) is 0.357. The molecule has 120 valence electrons. The summed E-state index contributed by atoms with van der Waals surface area (Å²) in [7, 11) is 0. The van der Waals surface area contributed by atoms with Crippen LogP contribution in [0.1, 0.15) is 24.2 Å². The van der Waals surface area contributed by atoms with Gasteiger partial charge in [-0.3, -0.25) is 0 Å². The molecule has 0 radical (unpaired) electrons. The van der Waals surface area contributed by atoms with E-state index in [-0.39, 0.29) is 36.3 Å². The van der Waals surface area contributed by atoms with Gasteiger partial charge in [-0.15, -0.1) is 24.0 Å². The number of hydrogen-bond acceptors (Lipinski definition) is 4. The van der Waals surface area contributed by atoms with Crippen molar-refractivity contribution < 1.29 is 8.91 Å². The van der Waals surface area contributed by atoms with E-state index in [1.165, 1.54) is 6.07 Å². The lowest BCUT2D eigenvalue weighted by atomic mass is 10.2. The molecule has 8 heteroatoms. The number of rotatable bonds is 5. The molecule has 0 bridgehead atoms. The predicted molar refractivity (Wildman–Crippen MR) is 92.5 cm³/mol. The standard InChI is InChI=1S/C14H18FN5O.HI/c1-3-16-14(18-9-13-19-10(2)21-20-13)17-8-11-6-4-5-7-12(11)15;/h4-7H,3,8-9H2,1-2H3,(H2,16,17,18);1H. The van der Waals surface area contributed by atoms with Crippen molar-refractivity contribution in [1.29, 1.82) is 0 Å². The van der Waals surface area contributed by atoms with Crippen LogP contribution in [-0.2, 0) is 13.1 Å². The molecule has 2 N–H and O–H groups in total. The Bertz CT molecular complexity index is 617. The fourth-order valence-corrected chi connectivity index (χ4v) is 1.71. The monoisotopic (exact) mass is 419 g/mol. The van der Waals surface area contributed by atoms with Crippen LogP contribution in [0.4, 0.5) is 4.39 Å². The molecule has 2 aromatic rings. The fourth-order valence-electron chi connectivity index (χ4n) is 1.71. The molecule has 0 amide bonds. The summed E-state index contributed by atoms with van der Waals surface area (Å²) in [6.45, 7) is 5.04. The van der Waals surface area contributed by atoms with Crippen LogP contribution >= 0.6 is 24.0 Å². The van der Waals surface area contributed by atoms with Gasteiger partial charge in [0.2, 0.25) is 5.89 Å². The number of nitrogens with zero attached hydrogens (tertiary/aromatic N) is 3. The van der Waals surface area contributed by atoms with Crippen molar-refractivity contribution in [3.8, 4) is 0 Å². The number of benzene rings is 1. The van der Waals surface area contributed by atoms with E-state index >= 15 is 0 Å². The maximum Gasteiger partial charge on any atom is 0.223 e. The number of aromatic nitrogens is 2. The van der Waals surface area contributed by atoms with Crippen molar-refractivity contribution in [2.45, 2.75) is 26.9 Å². The van der Waals surface area contributed by atoms with E-state index in [4.69, 9.17) is 4.52 Å². The third-order valence-corrected chi connectivity index (χ3v) is 2.69. The van der Waals surface area contributed by atoms with E-state index in [1.807, 2.05) is 6.92 Å². The van der Waals surface area contributed by atoms with Crippen LogP contribution in [0.3, 0.4) is 0 Å². The maximum absolute atomic E-state index is 13.5. The Morgan fingerprint density at radius 1 is 1.32 bits per heavy atom. The second-order valence-electron chi connectivity index (χ2n) is 4.37. The van der Waals surface area contributed by atoms with Gasteiger partial charge in [0.05, 0.1) is 13.1 Å². The van der Waals surface area contributed by atoms with Gasteiger partial charge in [-0.25, -0.2) is 9.38 Å². The molecule has 0 saturated heterocycles. The molecule has 0 unspecified atom stereocenters. The molecular formula is C14H19FIN5O. The SMILES string of the molecule is CCNC(=NCc1ccccc1F)NCc1noc(C)n1.I. The number of aliphatic imine (C=N–C) groups is 1. The first-order chi connectivity index (χ1) is 10.2. The zero-order valence-corrected chi connectivity index (χ0v) is 14.8. The van der Waals surface area contributed by atoms with Crippen LogP contribution < -0.4 is 10.6 Å². The number of halogens is 2. The van der Waals surface area contributed by atoms with Gasteiger partial charge in [0.15, 0.2) is 11.8 Å². The molecule has 0 aliphatic carbocycles. The minimum Gasteiger partial charge on any atom is -0.357 e. The second-order valence-corrected chi connectivity index (χ2v) is 4.37. The summed E-state index contributed by atoms with van der Waals surface area (Å²) in [4.78, 5) is 8.43. The van der Waals surface area contributed by atoms with Gasteiger partial charge < -0.3 is 15.2 Å². The van der Waals surface area contributed by atoms with Gasteiger partial charge in [0, 0.05) is 19.0 Å². The van der Waals surface area contributed by atoms with Gasteiger partial charge >= 0.3 is 0 Å². The first-order valence-electron chi connectivity index (χ1n) is 6.74. The summed E-state index contributed by atoms with van der Waals surface area (Å²) in [6, 6.07) is 6.58. The summed E-state index contributed by atoms with van der Waals surface area (Å²) in [5.41, 5.74) is 0.546. The van der Waals surface area contributed by atoms with E-state index in [2.05, 4.69) is 25.8 Å². The second kappa shape index (κ2) is 9.34. The van der Waals surface area contributed by atoms with Gasteiger partial charge in [-0.1, -0.05) is 23.4 Å². The molecule has 0 spiro atoms. The van der Waals surface area contributed by atoms with Gasteiger partial charge in [-0.2, -0.15) is 4.98 Å². The van der Waals surface area contributed by atoms with E-state index in [0.29, 0.717) is 36.3 Å². The lowest BCUT2D eigenvalue weighted by Crippen LogP contribution is -2.37. The average molecular weight is 419 g/mol. The lowest BCUT2D eigenvalue weighted by molar-refractivity contribution is 0.387. The van der Waals surface area contributed by atoms with Gasteiger partial charge in [0.25, 0.3) is 0 Å². The smallest absolute Gasteiger partial charge is 0.223 e. The highest BCUT2D eigenvalue weighted by molar-refractivity contribution is 14.0. The van der Waals surface area contributed by atoms with Crippen molar-refractivity contribution in [2.24, 2.45) is 4.99 Å². The summed E-state index contributed by atoms with van der Waals surface area (Å²) in [5.74, 6) is 1.37. The first-order valence-corrected chi connectivity index (χ1v) is 6.74. The molecule has 0 atom stereocenters. The molecule has 0 aliphatic heterocycles. The van der Waals surface area contributed by atoms with Crippen molar-refractivity contribution >= 4 is 29.9 Å². The number of hydrogen-bond donors (Lipinski definition) is 2. The van der Waals surface area contributed by atoms with E-state index in [9.17, 15) is 4.39 Å². The summed E-state index contributed by atoms with van der Waals surface area (Å²) in [5, 5.41) is 9.94. The zero-order valence-electron chi connectivity index (χ0n) is 12.5. The summed E-state index contributed by atoms with van der Waals surface area (Å²) < 4.78 is 18.4. The van der Waals surface area contributed by atoms with Crippen LogP contribution in [-0.4, -0.2) is 22.6 Å². The third kappa shape index (κ3) is 5.58. The van der Waals surface area contributed by atoms with Crippen LogP contribution in [0.25, 0.3) is 0 Å². The quantitative estimate of drug-likeness (QED) is 0.442. The number of nitrogens with one attached hydrogen (secondary N) is 2. The molecule has 0 aliphatic rings. The molecule has 22 heavy (non-hydrogen) atoms. The Morgan fingerprint density at radius 2 is 2.09 bits per heavy atom. The Kier molecular flexibility index (Phi) is 7.78. The molecule has 1 aromatic heterocycles. The van der Waals surface area contributed by atoms with Crippen LogP contribution in [0.5, 0.6) is 0 Å². The lowest BCUT2D eigenvalue weighted by Gasteiger charge is -2.09. The molecular weight excluding hydrogens is 400 g/mol. The van der Waals surface area contributed by atoms with Crippen LogP contribution in [0.2, 0.25) is 0 Å². The van der Waals surface area contributed by atoms with Gasteiger partial charge in [0.1, 0.15) is 5.82 Å². The highest BCUT2D eigenvalue weighted by atomic mass is 127. The molecule has 1 aromatic carbocycles. The Hall–Kier alpha value is -1.71. The minimum atomic E-state index is -0.258. The topological polar surface area (TPSA) is 75.3 Å². The van der Waals surface area contributed by atoms with E-state index in [0.717, 1.165) is 0 Å². The number of aryl methyl sites for hydroxylation is 1. The molecule has 1 heterocycles. The van der Waals surface area contributed by atoms with E-state index < -0.39 is 0 Å². The average Bonchev–Trinajstić information content (AvgIpc) is 2.89. The largest absolute Gasteiger partial charge is 0.357 e. The minimum absolute atomic E-state index is 0. The van der Waals surface area contributed by atoms with Crippen LogP contribution in [0.15, 0.2) is 33.8 Å². The zero-order chi connectivity index (χ0) is 15.1. The van der Waals surface area contributed by atoms with Crippen molar-refractivity contribution in [1.82, 2.24) is 20.8 Å². The Morgan fingerprint density at radius 3 is 2.73 bits per heavy atom.